The van der Waals surface area contributed by atoms with E-state index in [0.29, 0.717) is 10.6 Å². The Labute approximate surface area is 123 Å². The van der Waals surface area contributed by atoms with Gasteiger partial charge in [0.15, 0.2) is 0 Å². The predicted octanol–water partition coefficient (Wildman–Crippen LogP) is 0.951. The van der Waals surface area contributed by atoms with Gasteiger partial charge in [-0.25, -0.2) is 9.59 Å². The van der Waals surface area contributed by atoms with Gasteiger partial charge in [0.1, 0.15) is 5.82 Å². The number of urea groups is 1. The molecule has 2 aromatic rings. The number of rotatable bonds is 1. The smallest absolute Gasteiger partial charge is 0.327 e. The van der Waals surface area contributed by atoms with Crippen LogP contribution in [-0.4, -0.2) is 15.6 Å². The first-order valence-corrected chi connectivity index (χ1v) is 6.52. The van der Waals surface area contributed by atoms with E-state index in [1.807, 2.05) is 0 Å². The summed E-state index contributed by atoms with van der Waals surface area (Å²) in [6.45, 7) is 0. The number of H-pyrrole nitrogens is 1. The number of halogens is 1. The van der Waals surface area contributed by atoms with Gasteiger partial charge in [-0.05, 0) is 11.6 Å². The summed E-state index contributed by atoms with van der Waals surface area (Å²) in [5, 5.41) is 5.55. The van der Waals surface area contributed by atoms with Gasteiger partial charge in [-0.2, -0.15) is 0 Å². The summed E-state index contributed by atoms with van der Waals surface area (Å²) in [6.07, 6.45) is 0. The largest absolute Gasteiger partial charge is 0.329 e. The van der Waals surface area contributed by atoms with Gasteiger partial charge < -0.3 is 5.32 Å². The van der Waals surface area contributed by atoms with Crippen LogP contribution in [0.3, 0.4) is 0 Å². The third-order valence-corrected chi connectivity index (χ3v) is 3.72. The number of nitrogens with one attached hydrogen (secondary N) is 3. The van der Waals surface area contributed by atoms with E-state index in [4.69, 9.17) is 11.6 Å². The maximum atomic E-state index is 12.1. The molecule has 0 saturated carbocycles. The van der Waals surface area contributed by atoms with E-state index in [9.17, 15) is 14.4 Å². The molecule has 1 atom stereocenters. The highest BCUT2D eigenvalue weighted by molar-refractivity contribution is 6.31. The van der Waals surface area contributed by atoms with Crippen molar-refractivity contribution in [2.45, 2.75) is 6.04 Å². The average molecular weight is 307 g/mol. The van der Waals surface area contributed by atoms with Crippen LogP contribution in [-0.2, 0) is 7.05 Å². The molecule has 0 radical (unpaired) electrons. The molecule has 3 rings (SSSR count). The third-order valence-electron chi connectivity index (χ3n) is 3.37. The number of hydrogen-bond acceptors (Lipinski definition) is 3. The number of benzene rings is 1. The maximum Gasteiger partial charge on any atom is 0.329 e. The Kier molecular flexibility index (Phi) is 3.06. The van der Waals surface area contributed by atoms with Crippen molar-refractivity contribution in [3.05, 3.63) is 61.3 Å². The number of hydrogen-bond donors (Lipinski definition) is 3. The number of fused-ring (bicyclic) bond motifs is 1. The summed E-state index contributed by atoms with van der Waals surface area (Å²) in [5.74, 6) is 0.164. The maximum absolute atomic E-state index is 12.1. The van der Waals surface area contributed by atoms with Crippen LogP contribution in [0.4, 0.5) is 10.6 Å². The fraction of sp³-hybridized carbons (Fsp3) is 0.154. The fourth-order valence-electron chi connectivity index (χ4n) is 2.35. The fourth-order valence-corrected chi connectivity index (χ4v) is 2.59. The van der Waals surface area contributed by atoms with Crippen LogP contribution in [0.25, 0.3) is 0 Å². The summed E-state index contributed by atoms with van der Waals surface area (Å²) in [4.78, 5) is 37.8. The molecule has 108 valence electrons. The average Bonchev–Trinajstić information content (AvgIpc) is 2.44. The number of anilines is 1. The van der Waals surface area contributed by atoms with E-state index in [-0.39, 0.29) is 11.4 Å². The van der Waals surface area contributed by atoms with E-state index in [1.165, 1.54) is 11.6 Å². The third kappa shape index (κ3) is 2.11. The molecule has 1 aliphatic heterocycles. The molecule has 8 heteroatoms. The molecule has 0 unspecified atom stereocenters. The second-order valence-corrected chi connectivity index (χ2v) is 5.04. The van der Waals surface area contributed by atoms with Crippen molar-refractivity contribution in [2.75, 3.05) is 5.32 Å². The lowest BCUT2D eigenvalue weighted by molar-refractivity contribution is 0.248. The van der Waals surface area contributed by atoms with Gasteiger partial charge in [0.2, 0.25) is 0 Å². The number of aromatic nitrogens is 2. The number of aromatic amines is 1. The summed E-state index contributed by atoms with van der Waals surface area (Å²) in [5.41, 5.74) is -0.339. The van der Waals surface area contributed by atoms with Crippen molar-refractivity contribution < 1.29 is 4.79 Å². The number of nitrogens with zero attached hydrogens (tertiary/aromatic N) is 1. The van der Waals surface area contributed by atoms with Gasteiger partial charge in [0, 0.05) is 12.1 Å². The van der Waals surface area contributed by atoms with Gasteiger partial charge in [-0.15, -0.1) is 0 Å². The zero-order valence-corrected chi connectivity index (χ0v) is 11.7. The van der Waals surface area contributed by atoms with E-state index < -0.39 is 23.3 Å². The standard InChI is InChI=1S/C13H11ClN4O3/c1-18-10-8(11(19)17-13(18)21)9(15-12(20)16-10)6-4-2-3-5-7(6)14/h2-5,9H,1H3,(H2,15,16,20)(H,17,19,21)/t9-/m1/s1. The minimum Gasteiger partial charge on any atom is -0.327 e. The predicted molar refractivity (Wildman–Crippen MR) is 77.8 cm³/mol. The van der Waals surface area contributed by atoms with E-state index in [0.717, 1.165) is 0 Å². The zero-order chi connectivity index (χ0) is 15.1. The summed E-state index contributed by atoms with van der Waals surface area (Å²) in [7, 11) is 1.46. The lowest BCUT2D eigenvalue weighted by Gasteiger charge is -2.28. The Bertz CT molecular complexity index is 855. The first-order chi connectivity index (χ1) is 9.99. The monoisotopic (exact) mass is 306 g/mol. The highest BCUT2D eigenvalue weighted by Crippen LogP contribution is 2.31. The van der Waals surface area contributed by atoms with Crippen molar-refractivity contribution in [1.29, 1.82) is 0 Å². The Hall–Kier alpha value is -2.54. The molecular formula is C13H11ClN4O3. The quantitative estimate of drug-likeness (QED) is 0.732. The Morgan fingerprint density at radius 2 is 1.90 bits per heavy atom. The first-order valence-electron chi connectivity index (χ1n) is 6.14. The van der Waals surface area contributed by atoms with Gasteiger partial charge in [0.25, 0.3) is 5.56 Å². The number of amides is 2. The minimum absolute atomic E-state index is 0.164. The number of carbonyl (C=O) groups excluding carboxylic acids is 1. The van der Waals surface area contributed by atoms with Crippen LogP contribution in [0.1, 0.15) is 17.2 Å². The molecule has 1 aromatic carbocycles. The molecule has 1 aliphatic rings. The van der Waals surface area contributed by atoms with E-state index in [1.54, 1.807) is 24.3 Å². The summed E-state index contributed by atoms with van der Waals surface area (Å²) >= 11 is 6.14. The van der Waals surface area contributed by atoms with Crippen LogP contribution < -0.4 is 21.9 Å². The number of carbonyl (C=O) groups is 1. The molecule has 0 aliphatic carbocycles. The molecule has 21 heavy (non-hydrogen) atoms. The van der Waals surface area contributed by atoms with Crippen LogP contribution in [0.5, 0.6) is 0 Å². The Morgan fingerprint density at radius 1 is 1.19 bits per heavy atom. The molecule has 2 heterocycles. The second-order valence-electron chi connectivity index (χ2n) is 4.63. The Morgan fingerprint density at radius 3 is 2.62 bits per heavy atom. The minimum atomic E-state index is -0.724. The van der Waals surface area contributed by atoms with E-state index in [2.05, 4.69) is 15.6 Å². The SMILES string of the molecule is Cn1c2c(c(=O)[nH]c1=O)[C@@H](c1ccccc1Cl)NC(=O)N2. The lowest BCUT2D eigenvalue weighted by atomic mass is 9.98. The van der Waals surface area contributed by atoms with Gasteiger partial charge in [-0.3, -0.25) is 19.7 Å². The van der Waals surface area contributed by atoms with Crippen LogP contribution in [0.2, 0.25) is 5.02 Å². The van der Waals surface area contributed by atoms with Crippen molar-refractivity contribution >= 4 is 23.4 Å². The molecule has 2 amide bonds. The topological polar surface area (TPSA) is 96.0 Å². The molecule has 0 saturated heterocycles. The van der Waals surface area contributed by atoms with Crippen molar-refractivity contribution in [1.82, 2.24) is 14.9 Å². The molecular weight excluding hydrogens is 296 g/mol. The molecule has 0 spiro atoms. The molecule has 0 bridgehead atoms. The van der Waals surface area contributed by atoms with Crippen LogP contribution >= 0.6 is 11.6 Å². The molecule has 1 aromatic heterocycles. The normalized spacial score (nSPS) is 16.9. The second kappa shape index (κ2) is 4.78. The van der Waals surface area contributed by atoms with Gasteiger partial charge in [0.05, 0.1) is 11.6 Å². The van der Waals surface area contributed by atoms with Crippen LogP contribution in [0, 0.1) is 0 Å². The van der Waals surface area contributed by atoms with Gasteiger partial charge >= 0.3 is 11.7 Å². The summed E-state index contributed by atoms with van der Waals surface area (Å²) in [6, 6.07) is 5.66. The van der Waals surface area contributed by atoms with Crippen molar-refractivity contribution in [3.8, 4) is 0 Å². The van der Waals surface area contributed by atoms with Crippen LogP contribution in [0.15, 0.2) is 33.9 Å². The molecule has 0 fully saturated rings. The van der Waals surface area contributed by atoms with Crippen molar-refractivity contribution in [3.63, 3.8) is 0 Å². The molecule has 3 N–H and O–H groups in total. The first kappa shape index (κ1) is 13.4. The zero-order valence-electron chi connectivity index (χ0n) is 10.9. The van der Waals surface area contributed by atoms with E-state index >= 15 is 0 Å². The molecule has 7 nitrogen and oxygen atoms in total. The highest BCUT2D eigenvalue weighted by Gasteiger charge is 2.31. The highest BCUT2D eigenvalue weighted by atomic mass is 35.5. The Balaban J connectivity index is 2.31. The van der Waals surface area contributed by atoms with Gasteiger partial charge in [-0.1, -0.05) is 29.8 Å². The lowest BCUT2D eigenvalue weighted by Crippen LogP contribution is -2.46. The van der Waals surface area contributed by atoms with Crippen molar-refractivity contribution in [2.24, 2.45) is 7.05 Å². The summed E-state index contributed by atoms with van der Waals surface area (Å²) < 4.78 is 1.18.